The highest BCUT2D eigenvalue weighted by Gasteiger charge is 2.34. The van der Waals surface area contributed by atoms with Crippen LogP contribution in [-0.2, 0) is 12.8 Å². The van der Waals surface area contributed by atoms with Crippen molar-refractivity contribution in [1.82, 2.24) is 20.0 Å². The van der Waals surface area contributed by atoms with Crippen LogP contribution >= 0.6 is 0 Å². The summed E-state index contributed by atoms with van der Waals surface area (Å²) in [5.41, 5.74) is 2.05. The molecular weight excluding hydrogens is 308 g/mol. The van der Waals surface area contributed by atoms with E-state index in [4.69, 9.17) is 4.52 Å². The minimum atomic E-state index is -0.231. The molecule has 2 aromatic rings. The molecule has 1 N–H and O–H groups in total. The Hall–Kier alpha value is -2.44. The van der Waals surface area contributed by atoms with Crippen LogP contribution in [0.3, 0.4) is 0 Å². The summed E-state index contributed by atoms with van der Waals surface area (Å²) < 4.78 is 5.16. The van der Waals surface area contributed by atoms with Gasteiger partial charge in [-0.1, -0.05) is 19.0 Å². The van der Waals surface area contributed by atoms with Gasteiger partial charge in [0.05, 0.1) is 11.7 Å². The molecule has 0 spiro atoms. The maximum Gasteiger partial charge on any atom is 0.293 e. The fourth-order valence-electron chi connectivity index (χ4n) is 3.22. The van der Waals surface area contributed by atoms with E-state index < -0.39 is 0 Å². The van der Waals surface area contributed by atoms with Gasteiger partial charge in [0, 0.05) is 23.9 Å². The number of hydrogen-bond acceptors (Lipinski definition) is 5. The van der Waals surface area contributed by atoms with Crippen LogP contribution in [0.5, 0.6) is 0 Å². The summed E-state index contributed by atoms with van der Waals surface area (Å²) in [4.78, 5) is 34.0. The van der Waals surface area contributed by atoms with Crippen LogP contribution in [0.2, 0.25) is 0 Å². The first-order valence-electron chi connectivity index (χ1n) is 8.41. The second kappa shape index (κ2) is 6.59. The predicted molar refractivity (Wildman–Crippen MR) is 87.9 cm³/mol. The van der Waals surface area contributed by atoms with Crippen molar-refractivity contribution in [2.24, 2.45) is 0 Å². The van der Waals surface area contributed by atoms with Crippen LogP contribution in [0, 0.1) is 6.92 Å². The maximum absolute atomic E-state index is 12.7. The molecular formula is C17H22N4O3. The van der Waals surface area contributed by atoms with E-state index in [0.717, 1.165) is 24.2 Å². The van der Waals surface area contributed by atoms with E-state index in [1.165, 1.54) is 0 Å². The van der Waals surface area contributed by atoms with Gasteiger partial charge in [-0.25, -0.2) is 4.98 Å². The summed E-state index contributed by atoms with van der Waals surface area (Å²) in [6.45, 7) is 6.34. The van der Waals surface area contributed by atoms with Gasteiger partial charge in [-0.2, -0.15) is 0 Å². The zero-order valence-corrected chi connectivity index (χ0v) is 14.3. The highest BCUT2D eigenvalue weighted by Crippen LogP contribution is 2.31. The van der Waals surface area contributed by atoms with Gasteiger partial charge >= 0.3 is 0 Å². The zero-order chi connectivity index (χ0) is 17.3. The molecule has 1 fully saturated rings. The van der Waals surface area contributed by atoms with Gasteiger partial charge in [0.25, 0.3) is 11.5 Å². The molecule has 0 saturated carbocycles. The van der Waals surface area contributed by atoms with Gasteiger partial charge in [0.15, 0.2) is 0 Å². The van der Waals surface area contributed by atoms with Crippen molar-refractivity contribution in [3.8, 4) is 0 Å². The summed E-state index contributed by atoms with van der Waals surface area (Å²) in [5, 5.41) is 3.88. The fourth-order valence-corrected chi connectivity index (χ4v) is 3.22. The van der Waals surface area contributed by atoms with Crippen LogP contribution in [0.1, 0.15) is 66.1 Å². The molecule has 1 aliphatic rings. The number of carbonyl (C=O) groups is 1. The first-order chi connectivity index (χ1) is 11.5. The van der Waals surface area contributed by atoms with Crippen molar-refractivity contribution in [1.29, 1.82) is 0 Å². The van der Waals surface area contributed by atoms with Crippen LogP contribution in [0.25, 0.3) is 0 Å². The zero-order valence-electron chi connectivity index (χ0n) is 14.3. The molecule has 0 bridgehead atoms. The second-order valence-corrected chi connectivity index (χ2v) is 6.06. The number of H-pyrrole nitrogens is 1. The van der Waals surface area contributed by atoms with E-state index in [1.807, 2.05) is 20.8 Å². The van der Waals surface area contributed by atoms with Crippen LogP contribution in [-0.4, -0.2) is 32.5 Å². The molecule has 2 aromatic heterocycles. The van der Waals surface area contributed by atoms with E-state index in [-0.39, 0.29) is 23.3 Å². The number of nitrogens with one attached hydrogen (secondary N) is 1. The van der Waals surface area contributed by atoms with Crippen molar-refractivity contribution >= 4 is 5.91 Å². The van der Waals surface area contributed by atoms with Gasteiger partial charge in [0.1, 0.15) is 5.82 Å². The van der Waals surface area contributed by atoms with Gasteiger partial charge in [0.2, 0.25) is 5.76 Å². The molecule has 3 rings (SSSR count). The van der Waals surface area contributed by atoms with Crippen LogP contribution < -0.4 is 5.56 Å². The van der Waals surface area contributed by atoms with Crippen LogP contribution in [0.4, 0.5) is 0 Å². The van der Waals surface area contributed by atoms with Crippen molar-refractivity contribution in [2.45, 2.75) is 52.5 Å². The SMILES string of the molecule is CCc1cc(C(=O)N2CCC[C@@H]2c2nc(C)c(CC)c(=O)[nH]2)on1. The molecule has 3 heterocycles. The molecule has 1 atom stereocenters. The molecule has 128 valence electrons. The Kier molecular flexibility index (Phi) is 4.51. The van der Waals surface area contributed by atoms with E-state index in [9.17, 15) is 9.59 Å². The minimum Gasteiger partial charge on any atom is -0.351 e. The third-order valence-electron chi connectivity index (χ3n) is 4.56. The van der Waals surface area contributed by atoms with Gasteiger partial charge in [-0.15, -0.1) is 0 Å². The van der Waals surface area contributed by atoms with E-state index in [1.54, 1.807) is 11.0 Å². The Labute approximate surface area is 140 Å². The lowest BCUT2D eigenvalue weighted by atomic mass is 10.1. The Bertz CT molecular complexity index is 808. The molecule has 1 amide bonds. The highest BCUT2D eigenvalue weighted by molar-refractivity contribution is 5.91. The van der Waals surface area contributed by atoms with E-state index in [2.05, 4.69) is 15.1 Å². The van der Waals surface area contributed by atoms with Crippen molar-refractivity contribution in [3.05, 3.63) is 45.0 Å². The largest absolute Gasteiger partial charge is 0.351 e. The summed E-state index contributed by atoms with van der Waals surface area (Å²) in [7, 11) is 0. The number of aromatic nitrogens is 3. The quantitative estimate of drug-likeness (QED) is 0.927. The average Bonchev–Trinajstić information content (AvgIpc) is 3.23. The molecule has 0 unspecified atom stereocenters. The van der Waals surface area contributed by atoms with Gasteiger partial charge < -0.3 is 14.4 Å². The van der Waals surface area contributed by atoms with Crippen LogP contribution in [0.15, 0.2) is 15.4 Å². The minimum absolute atomic E-state index is 0.118. The standard InChI is InChI=1S/C17H22N4O3/c1-4-11-9-14(24-20-11)17(23)21-8-6-7-13(21)15-18-10(3)12(5-2)16(22)19-15/h9,13H,4-8H2,1-3H3,(H,18,19,22)/t13-/m1/s1. The van der Waals surface area contributed by atoms with Crippen molar-refractivity contribution in [2.75, 3.05) is 6.54 Å². The Balaban J connectivity index is 1.90. The maximum atomic E-state index is 12.7. The molecule has 1 saturated heterocycles. The number of aromatic amines is 1. The number of aryl methyl sites for hydroxylation is 2. The molecule has 7 heteroatoms. The summed E-state index contributed by atoms with van der Waals surface area (Å²) in [5.74, 6) is 0.586. The number of hydrogen-bond donors (Lipinski definition) is 1. The fraction of sp³-hybridized carbons (Fsp3) is 0.529. The van der Waals surface area contributed by atoms with E-state index >= 15 is 0 Å². The summed E-state index contributed by atoms with van der Waals surface area (Å²) in [6.07, 6.45) is 2.99. The first-order valence-corrected chi connectivity index (χ1v) is 8.41. The third-order valence-corrected chi connectivity index (χ3v) is 4.56. The predicted octanol–water partition coefficient (Wildman–Crippen LogP) is 2.17. The first kappa shape index (κ1) is 16.4. The lowest BCUT2D eigenvalue weighted by Gasteiger charge is -2.23. The lowest BCUT2D eigenvalue weighted by Crippen LogP contribution is -2.33. The Morgan fingerprint density at radius 3 is 2.83 bits per heavy atom. The Morgan fingerprint density at radius 1 is 1.42 bits per heavy atom. The second-order valence-electron chi connectivity index (χ2n) is 6.06. The summed E-state index contributed by atoms with van der Waals surface area (Å²) >= 11 is 0. The number of carbonyl (C=O) groups excluding carboxylic acids is 1. The Morgan fingerprint density at radius 2 is 2.21 bits per heavy atom. The normalized spacial score (nSPS) is 17.5. The molecule has 24 heavy (non-hydrogen) atoms. The number of likely N-dealkylation sites (tertiary alicyclic amines) is 1. The number of rotatable bonds is 4. The topological polar surface area (TPSA) is 92.1 Å². The van der Waals surface area contributed by atoms with Gasteiger partial charge in [-0.05, 0) is 32.6 Å². The lowest BCUT2D eigenvalue weighted by molar-refractivity contribution is 0.0687. The third kappa shape index (κ3) is 2.86. The summed E-state index contributed by atoms with van der Waals surface area (Å²) in [6, 6.07) is 1.45. The van der Waals surface area contributed by atoms with Crippen molar-refractivity contribution in [3.63, 3.8) is 0 Å². The molecule has 1 aliphatic heterocycles. The average molecular weight is 330 g/mol. The molecule has 0 radical (unpaired) electrons. The number of amides is 1. The highest BCUT2D eigenvalue weighted by atomic mass is 16.5. The number of nitrogens with zero attached hydrogens (tertiary/aromatic N) is 3. The molecule has 0 aliphatic carbocycles. The van der Waals surface area contributed by atoms with Crippen molar-refractivity contribution < 1.29 is 9.32 Å². The molecule has 7 nitrogen and oxygen atoms in total. The van der Waals surface area contributed by atoms with Gasteiger partial charge in [-0.3, -0.25) is 9.59 Å². The van der Waals surface area contributed by atoms with E-state index in [0.29, 0.717) is 30.8 Å². The smallest absolute Gasteiger partial charge is 0.293 e. The monoisotopic (exact) mass is 330 g/mol. The molecule has 0 aromatic carbocycles.